The predicted molar refractivity (Wildman–Crippen MR) is 96.9 cm³/mol. The standard InChI is InChI=1S/C20H17N3O/c24-20(12-13-23-19-11-4-2-7-16(19)14-21-23)22-18-10-5-8-15-6-1-3-9-17(15)18/h1-11,14H,12-13H2,(H,22,24). The monoisotopic (exact) mass is 315 g/mol. The van der Waals surface area contributed by atoms with Gasteiger partial charge >= 0.3 is 0 Å². The first-order chi connectivity index (χ1) is 11.8. The fourth-order valence-electron chi connectivity index (χ4n) is 2.96. The maximum absolute atomic E-state index is 12.3. The zero-order valence-corrected chi connectivity index (χ0v) is 13.1. The van der Waals surface area contributed by atoms with Crippen LogP contribution in [0.1, 0.15) is 6.42 Å². The summed E-state index contributed by atoms with van der Waals surface area (Å²) in [6.45, 7) is 0.560. The molecule has 118 valence electrons. The molecule has 4 aromatic rings. The number of para-hydroxylation sites is 1. The van der Waals surface area contributed by atoms with Gasteiger partial charge < -0.3 is 5.32 Å². The first kappa shape index (κ1) is 14.5. The Morgan fingerprint density at radius 1 is 0.917 bits per heavy atom. The fourth-order valence-corrected chi connectivity index (χ4v) is 2.96. The van der Waals surface area contributed by atoms with Gasteiger partial charge in [0.15, 0.2) is 0 Å². The third kappa shape index (κ3) is 2.74. The van der Waals surface area contributed by atoms with E-state index in [1.807, 2.05) is 77.6 Å². The molecular formula is C20H17N3O. The van der Waals surface area contributed by atoms with Gasteiger partial charge in [-0.3, -0.25) is 9.48 Å². The van der Waals surface area contributed by atoms with Crippen LogP contribution in [0.2, 0.25) is 0 Å². The largest absolute Gasteiger partial charge is 0.325 e. The lowest BCUT2D eigenvalue weighted by atomic mass is 10.1. The highest BCUT2D eigenvalue weighted by atomic mass is 16.1. The van der Waals surface area contributed by atoms with E-state index in [0.29, 0.717) is 13.0 Å². The number of rotatable bonds is 4. The molecule has 0 aliphatic heterocycles. The highest BCUT2D eigenvalue weighted by Gasteiger charge is 2.08. The normalized spacial score (nSPS) is 11.0. The lowest BCUT2D eigenvalue weighted by molar-refractivity contribution is -0.116. The van der Waals surface area contributed by atoms with Crippen LogP contribution in [0.25, 0.3) is 21.7 Å². The van der Waals surface area contributed by atoms with Crippen molar-refractivity contribution >= 4 is 33.3 Å². The summed E-state index contributed by atoms with van der Waals surface area (Å²) in [7, 11) is 0. The van der Waals surface area contributed by atoms with E-state index < -0.39 is 0 Å². The van der Waals surface area contributed by atoms with Crippen LogP contribution in [0.4, 0.5) is 5.69 Å². The minimum Gasteiger partial charge on any atom is -0.325 e. The number of nitrogens with zero attached hydrogens (tertiary/aromatic N) is 2. The van der Waals surface area contributed by atoms with Crippen molar-refractivity contribution < 1.29 is 4.79 Å². The Labute approximate surface area is 139 Å². The molecule has 24 heavy (non-hydrogen) atoms. The Morgan fingerprint density at radius 3 is 2.58 bits per heavy atom. The van der Waals surface area contributed by atoms with Crippen LogP contribution in [0.5, 0.6) is 0 Å². The SMILES string of the molecule is O=C(CCn1ncc2ccccc21)Nc1cccc2ccccc12. The van der Waals surface area contributed by atoms with Crippen molar-refractivity contribution in [1.82, 2.24) is 9.78 Å². The van der Waals surface area contributed by atoms with Crippen LogP contribution < -0.4 is 5.32 Å². The predicted octanol–water partition coefficient (Wildman–Crippen LogP) is 4.22. The Hall–Kier alpha value is -3.14. The fraction of sp³-hybridized carbons (Fsp3) is 0.100. The van der Waals surface area contributed by atoms with Gasteiger partial charge in [-0.05, 0) is 17.5 Å². The van der Waals surface area contributed by atoms with Crippen LogP contribution in [-0.4, -0.2) is 15.7 Å². The molecule has 4 heteroatoms. The third-order valence-electron chi connectivity index (χ3n) is 4.17. The first-order valence-corrected chi connectivity index (χ1v) is 7.99. The Balaban J connectivity index is 1.48. The maximum Gasteiger partial charge on any atom is 0.226 e. The van der Waals surface area contributed by atoms with Crippen molar-refractivity contribution in [3.05, 3.63) is 72.9 Å². The van der Waals surface area contributed by atoms with Gasteiger partial charge in [0.25, 0.3) is 0 Å². The topological polar surface area (TPSA) is 46.9 Å². The third-order valence-corrected chi connectivity index (χ3v) is 4.17. The molecule has 1 N–H and O–H groups in total. The van der Waals surface area contributed by atoms with E-state index in [2.05, 4.69) is 10.4 Å². The number of amides is 1. The zero-order chi connectivity index (χ0) is 16.4. The average Bonchev–Trinajstić information content (AvgIpc) is 3.04. The van der Waals surface area contributed by atoms with Crippen molar-refractivity contribution in [3.8, 4) is 0 Å². The Morgan fingerprint density at radius 2 is 1.67 bits per heavy atom. The van der Waals surface area contributed by atoms with Crippen molar-refractivity contribution in [2.24, 2.45) is 0 Å². The molecule has 1 heterocycles. The molecule has 0 unspecified atom stereocenters. The summed E-state index contributed by atoms with van der Waals surface area (Å²) in [5.74, 6) is -0.00839. The van der Waals surface area contributed by atoms with E-state index in [1.54, 1.807) is 0 Å². The minimum absolute atomic E-state index is 0.00839. The lowest BCUT2D eigenvalue weighted by Crippen LogP contribution is -2.15. The quantitative estimate of drug-likeness (QED) is 0.613. The summed E-state index contributed by atoms with van der Waals surface area (Å²) < 4.78 is 1.87. The molecule has 4 nitrogen and oxygen atoms in total. The van der Waals surface area contributed by atoms with Crippen LogP contribution in [0.15, 0.2) is 72.9 Å². The van der Waals surface area contributed by atoms with Crippen LogP contribution in [0.3, 0.4) is 0 Å². The second kappa shape index (κ2) is 6.16. The summed E-state index contributed by atoms with van der Waals surface area (Å²) in [6, 6.07) is 22.0. The zero-order valence-electron chi connectivity index (χ0n) is 13.1. The van der Waals surface area contributed by atoms with Crippen molar-refractivity contribution in [2.45, 2.75) is 13.0 Å². The smallest absolute Gasteiger partial charge is 0.226 e. The number of hydrogen-bond donors (Lipinski definition) is 1. The van der Waals surface area contributed by atoms with Gasteiger partial charge in [0.2, 0.25) is 5.91 Å². The molecular weight excluding hydrogens is 298 g/mol. The van der Waals surface area contributed by atoms with E-state index in [9.17, 15) is 4.79 Å². The number of anilines is 1. The summed E-state index contributed by atoms with van der Waals surface area (Å²) in [5, 5.41) is 10.6. The molecule has 0 aliphatic rings. The van der Waals surface area contributed by atoms with Gasteiger partial charge in [0.05, 0.1) is 18.3 Å². The second-order valence-corrected chi connectivity index (χ2v) is 5.75. The first-order valence-electron chi connectivity index (χ1n) is 7.99. The van der Waals surface area contributed by atoms with Gasteiger partial charge in [-0.15, -0.1) is 0 Å². The number of nitrogens with one attached hydrogen (secondary N) is 1. The highest BCUT2D eigenvalue weighted by molar-refractivity contribution is 6.02. The molecule has 0 bridgehead atoms. The van der Waals surface area contributed by atoms with Crippen molar-refractivity contribution in [2.75, 3.05) is 5.32 Å². The second-order valence-electron chi connectivity index (χ2n) is 5.75. The molecule has 1 aromatic heterocycles. The number of hydrogen-bond acceptors (Lipinski definition) is 2. The van der Waals surface area contributed by atoms with E-state index in [-0.39, 0.29) is 5.91 Å². The van der Waals surface area contributed by atoms with Crippen molar-refractivity contribution in [1.29, 1.82) is 0 Å². The number of carbonyl (C=O) groups is 1. The van der Waals surface area contributed by atoms with E-state index in [4.69, 9.17) is 0 Å². The molecule has 0 spiro atoms. The average molecular weight is 315 g/mol. The number of carbonyl (C=O) groups excluding carboxylic acids is 1. The van der Waals surface area contributed by atoms with Gasteiger partial charge in [-0.1, -0.05) is 54.6 Å². The molecule has 0 radical (unpaired) electrons. The molecule has 0 saturated carbocycles. The van der Waals surface area contributed by atoms with Crippen LogP contribution in [0, 0.1) is 0 Å². The molecule has 0 saturated heterocycles. The highest BCUT2D eigenvalue weighted by Crippen LogP contribution is 2.23. The molecule has 1 amide bonds. The van der Waals surface area contributed by atoms with Gasteiger partial charge in [-0.2, -0.15) is 5.10 Å². The number of benzene rings is 3. The Kier molecular flexibility index (Phi) is 3.71. The summed E-state index contributed by atoms with van der Waals surface area (Å²) in [5.41, 5.74) is 1.90. The van der Waals surface area contributed by atoms with Crippen LogP contribution >= 0.6 is 0 Å². The van der Waals surface area contributed by atoms with E-state index >= 15 is 0 Å². The maximum atomic E-state index is 12.3. The summed E-state index contributed by atoms with van der Waals surface area (Å²) >= 11 is 0. The molecule has 0 fully saturated rings. The number of aryl methyl sites for hydroxylation is 1. The van der Waals surface area contributed by atoms with Gasteiger partial charge in [0, 0.05) is 22.9 Å². The van der Waals surface area contributed by atoms with Crippen LogP contribution in [-0.2, 0) is 11.3 Å². The Bertz CT molecular complexity index is 1010. The summed E-state index contributed by atoms with van der Waals surface area (Å²) in [4.78, 5) is 12.3. The number of fused-ring (bicyclic) bond motifs is 2. The minimum atomic E-state index is -0.00839. The molecule has 0 aliphatic carbocycles. The van der Waals surface area contributed by atoms with Gasteiger partial charge in [-0.25, -0.2) is 0 Å². The molecule has 4 rings (SSSR count). The molecule has 3 aromatic carbocycles. The van der Waals surface area contributed by atoms with E-state index in [0.717, 1.165) is 27.4 Å². The number of aromatic nitrogens is 2. The summed E-state index contributed by atoms with van der Waals surface area (Å²) in [6.07, 6.45) is 2.22. The molecule has 0 atom stereocenters. The van der Waals surface area contributed by atoms with E-state index in [1.165, 1.54) is 0 Å². The van der Waals surface area contributed by atoms with Gasteiger partial charge in [0.1, 0.15) is 0 Å². The lowest BCUT2D eigenvalue weighted by Gasteiger charge is -2.09. The van der Waals surface area contributed by atoms with Crippen molar-refractivity contribution in [3.63, 3.8) is 0 Å².